The topological polar surface area (TPSA) is 44.1 Å². The van der Waals surface area contributed by atoms with Gasteiger partial charge in [-0.25, -0.2) is 0 Å². The standard InChI is InChI=1S/C15H18N2O/c1-17(14-5-3-2-4-6-14)15-8-7-12(11-18)9-13(15)10-16/h7-9,11,14H,2-6H2,1H3. The first-order valence-corrected chi connectivity index (χ1v) is 6.48. The lowest BCUT2D eigenvalue weighted by atomic mass is 9.93. The summed E-state index contributed by atoms with van der Waals surface area (Å²) in [5.41, 5.74) is 2.09. The zero-order valence-corrected chi connectivity index (χ0v) is 10.7. The van der Waals surface area contributed by atoms with Crippen LogP contribution in [0.5, 0.6) is 0 Å². The van der Waals surface area contributed by atoms with Crippen molar-refractivity contribution >= 4 is 12.0 Å². The number of hydrogen-bond donors (Lipinski definition) is 0. The van der Waals surface area contributed by atoms with Gasteiger partial charge in [0.05, 0.1) is 11.3 Å². The summed E-state index contributed by atoms with van der Waals surface area (Å²) in [6.07, 6.45) is 7.02. The van der Waals surface area contributed by atoms with Crippen molar-refractivity contribution in [2.75, 3.05) is 11.9 Å². The molecular weight excluding hydrogens is 224 g/mol. The van der Waals surface area contributed by atoms with Crippen LogP contribution in [0, 0.1) is 11.3 Å². The van der Waals surface area contributed by atoms with Crippen LogP contribution in [0.3, 0.4) is 0 Å². The van der Waals surface area contributed by atoms with E-state index in [0.29, 0.717) is 17.2 Å². The van der Waals surface area contributed by atoms with Crippen LogP contribution >= 0.6 is 0 Å². The molecule has 1 aromatic rings. The van der Waals surface area contributed by atoms with Crippen LogP contribution in [0.2, 0.25) is 0 Å². The molecule has 94 valence electrons. The molecule has 0 aromatic heterocycles. The number of nitrogens with zero attached hydrogens (tertiary/aromatic N) is 2. The second-order valence-corrected chi connectivity index (χ2v) is 4.91. The number of rotatable bonds is 3. The highest BCUT2D eigenvalue weighted by molar-refractivity contribution is 5.78. The molecule has 18 heavy (non-hydrogen) atoms. The smallest absolute Gasteiger partial charge is 0.150 e. The second-order valence-electron chi connectivity index (χ2n) is 4.91. The van der Waals surface area contributed by atoms with Crippen LogP contribution in [0.15, 0.2) is 18.2 Å². The van der Waals surface area contributed by atoms with Gasteiger partial charge in [0.1, 0.15) is 12.4 Å². The third kappa shape index (κ3) is 2.53. The molecule has 0 radical (unpaired) electrons. The fourth-order valence-electron chi connectivity index (χ4n) is 2.69. The molecule has 0 unspecified atom stereocenters. The van der Waals surface area contributed by atoms with Crippen molar-refractivity contribution in [2.45, 2.75) is 38.1 Å². The van der Waals surface area contributed by atoms with E-state index < -0.39 is 0 Å². The lowest BCUT2D eigenvalue weighted by Crippen LogP contribution is -2.33. The summed E-state index contributed by atoms with van der Waals surface area (Å²) in [6, 6.07) is 8.05. The van der Waals surface area contributed by atoms with Crippen LogP contribution in [-0.2, 0) is 0 Å². The SMILES string of the molecule is CN(c1ccc(C=O)cc1C#N)C1CCCCC1. The predicted octanol–water partition coefficient (Wildman–Crippen LogP) is 3.14. The maximum Gasteiger partial charge on any atom is 0.150 e. The highest BCUT2D eigenvalue weighted by Crippen LogP contribution is 2.28. The fourth-order valence-corrected chi connectivity index (χ4v) is 2.69. The first kappa shape index (κ1) is 12.6. The number of benzene rings is 1. The van der Waals surface area contributed by atoms with E-state index in [-0.39, 0.29) is 0 Å². The molecule has 0 amide bonds. The molecule has 0 N–H and O–H groups in total. The van der Waals surface area contributed by atoms with Crippen molar-refractivity contribution in [3.8, 4) is 6.07 Å². The lowest BCUT2D eigenvalue weighted by Gasteiger charge is -2.33. The van der Waals surface area contributed by atoms with Crippen molar-refractivity contribution in [1.29, 1.82) is 5.26 Å². The number of carbonyl (C=O) groups excluding carboxylic acids is 1. The summed E-state index contributed by atoms with van der Waals surface area (Å²) < 4.78 is 0. The van der Waals surface area contributed by atoms with Crippen molar-refractivity contribution in [3.63, 3.8) is 0 Å². The minimum absolute atomic E-state index is 0.521. The monoisotopic (exact) mass is 242 g/mol. The van der Waals surface area contributed by atoms with E-state index in [1.807, 2.05) is 13.1 Å². The van der Waals surface area contributed by atoms with E-state index in [9.17, 15) is 10.1 Å². The molecule has 0 bridgehead atoms. The predicted molar refractivity (Wildman–Crippen MR) is 71.8 cm³/mol. The number of anilines is 1. The first-order valence-electron chi connectivity index (χ1n) is 6.48. The van der Waals surface area contributed by atoms with Crippen LogP contribution < -0.4 is 4.90 Å². The van der Waals surface area contributed by atoms with Gasteiger partial charge in [-0.3, -0.25) is 4.79 Å². The summed E-state index contributed by atoms with van der Waals surface area (Å²) >= 11 is 0. The zero-order chi connectivity index (χ0) is 13.0. The Labute approximate surface area is 108 Å². The maximum atomic E-state index is 10.7. The van der Waals surface area contributed by atoms with Crippen LogP contribution in [0.1, 0.15) is 48.0 Å². The Morgan fingerprint density at radius 2 is 2.06 bits per heavy atom. The molecule has 0 heterocycles. The average molecular weight is 242 g/mol. The maximum absolute atomic E-state index is 10.7. The molecule has 1 saturated carbocycles. The largest absolute Gasteiger partial charge is 0.371 e. The highest BCUT2D eigenvalue weighted by Gasteiger charge is 2.20. The van der Waals surface area contributed by atoms with Gasteiger partial charge in [-0.2, -0.15) is 5.26 Å². The van der Waals surface area contributed by atoms with Gasteiger partial charge >= 0.3 is 0 Å². The van der Waals surface area contributed by atoms with Crippen LogP contribution in [0.4, 0.5) is 5.69 Å². The van der Waals surface area contributed by atoms with E-state index in [0.717, 1.165) is 12.0 Å². The minimum Gasteiger partial charge on any atom is -0.371 e. The second kappa shape index (κ2) is 5.68. The van der Waals surface area contributed by atoms with Gasteiger partial charge in [-0.15, -0.1) is 0 Å². The summed E-state index contributed by atoms with van der Waals surface area (Å²) in [5, 5.41) is 9.19. The van der Waals surface area contributed by atoms with E-state index in [1.54, 1.807) is 12.1 Å². The van der Waals surface area contributed by atoms with Gasteiger partial charge < -0.3 is 4.90 Å². The Morgan fingerprint density at radius 3 is 2.67 bits per heavy atom. The normalized spacial score (nSPS) is 16.0. The zero-order valence-electron chi connectivity index (χ0n) is 10.7. The van der Waals surface area contributed by atoms with Gasteiger partial charge in [0.25, 0.3) is 0 Å². The Hall–Kier alpha value is -1.82. The van der Waals surface area contributed by atoms with Crippen molar-refractivity contribution < 1.29 is 4.79 Å². The lowest BCUT2D eigenvalue weighted by molar-refractivity contribution is 0.112. The van der Waals surface area contributed by atoms with E-state index in [1.165, 1.54) is 32.1 Å². The van der Waals surface area contributed by atoms with Gasteiger partial charge in [-0.1, -0.05) is 19.3 Å². The van der Waals surface area contributed by atoms with Crippen molar-refractivity contribution in [2.24, 2.45) is 0 Å². The fraction of sp³-hybridized carbons (Fsp3) is 0.467. The molecule has 2 rings (SSSR count). The molecule has 1 fully saturated rings. The molecule has 0 atom stereocenters. The van der Waals surface area contributed by atoms with Crippen molar-refractivity contribution in [1.82, 2.24) is 0 Å². The summed E-state index contributed by atoms with van der Waals surface area (Å²) in [5.74, 6) is 0. The Morgan fingerprint density at radius 1 is 1.33 bits per heavy atom. The van der Waals surface area contributed by atoms with Gasteiger partial charge in [-0.05, 0) is 31.0 Å². The van der Waals surface area contributed by atoms with E-state index in [4.69, 9.17) is 0 Å². The van der Waals surface area contributed by atoms with Crippen LogP contribution in [-0.4, -0.2) is 19.4 Å². The summed E-state index contributed by atoms with van der Waals surface area (Å²) in [6.45, 7) is 0. The Balaban J connectivity index is 2.26. The summed E-state index contributed by atoms with van der Waals surface area (Å²) in [4.78, 5) is 12.9. The van der Waals surface area contributed by atoms with Crippen molar-refractivity contribution in [3.05, 3.63) is 29.3 Å². The van der Waals surface area contributed by atoms with Gasteiger partial charge in [0.15, 0.2) is 0 Å². The van der Waals surface area contributed by atoms with E-state index >= 15 is 0 Å². The molecule has 1 aliphatic rings. The third-order valence-corrected chi connectivity index (χ3v) is 3.78. The Kier molecular flexibility index (Phi) is 3.99. The van der Waals surface area contributed by atoms with Gasteiger partial charge in [0.2, 0.25) is 0 Å². The quantitative estimate of drug-likeness (QED) is 0.765. The minimum atomic E-state index is 0.521. The number of aldehydes is 1. The average Bonchev–Trinajstić information content (AvgIpc) is 2.46. The number of carbonyl (C=O) groups is 1. The summed E-state index contributed by atoms with van der Waals surface area (Å²) in [7, 11) is 2.05. The highest BCUT2D eigenvalue weighted by atomic mass is 16.1. The molecule has 3 heteroatoms. The van der Waals surface area contributed by atoms with Gasteiger partial charge in [0, 0.05) is 18.7 Å². The molecule has 0 saturated heterocycles. The van der Waals surface area contributed by atoms with Crippen LogP contribution in [0.25, 0.3) is 0 Å². The molecule has 0 aliphatic heterocycles. The molecular formula is C15H18N2O. The molecule has 0 spiro atoms. The third-order valence-electron chi connectivity index (χ3n) is 3.78. The Bertz CT molecular complexity index is 470. The van der Waals surface area contributed by atoms with E-state index in [2.05, 4.69) is 11.0 Å². The molecule has 1 aliphatic carbocycles. The molecule has 1 aromatic carbocycles. The number of hydrogen-bond acceptors (Lipinski definition) is 3. The number of nitriles is 1. The molecule has 3 nitrogen and oxygen atoms in total. The first-order chi connectivity index (χ1) is 8.76.